The van der Waals surface area contributed by atoms with Crippen molar-refractivity contribution < 1.29 is 16.8 Å². The molecule has 1 aliphatic carbocycles. The Hall–Kier alpha value is -4.03. The van der Waals surface area contributed by atoms with Gasteiger partial charge < -0.3 is 5.32 Å². The van der Waals surface area contributed by atoms with Gasteiger partial charge in [-0.15, -0.1) is 0 Å². The first-order valence-electron chi connectivity index (χ1n) is 11.4. The molecule has 0 saturated heterocycles. The molecule has 1 aliphatic rings. The van der Waals surface area contributed by atoms with Gasteiger partial charge in [0.1, 0.15) is 0 Å². The number of sulfonamides is 2. The minimum Gasteiger partial charge on any atom is -0.324 e. The summed E-state index contributed by atoms with van der Waals surface area (Å²) >= 11 is 0. The highest BCUT2D eigenvalue weighted by Crippen LogP contribution is 2.39. The lowest BCUT2D eigenvalue weighted by atomic mass is 10.0. The Balaban J connectivity index is 1.32. The van der Waals surface area contributed by atoms with Gasteiger partial charge >= 0.3 is 0 Å². The first kappa shape index (κ1) is 23.4. The molecule has 5 aromatic rings. The summed E-state index contributed by atoms with van der Waals surface area (Å²) in [5.74, 6) is 0.332. The molecule has 3 aromatic carbocycles. The van der Waals surface area contributed by atoms with Crippen molar-refractivity contribution in [2.24, 2.45) is 0 Å². The van der Waals surface area contributed by atoms with Crippen molar-refractivity contribution in [3.05, 3.63) is 84.2 Å². The van der Waals surface area contributed by atoms with E-state index in [2.05, 4.69) is 51.8 Å². The third-order valence-corrected chi connectivity index (χ3v) is 9.61. The van der Waals surface area contributed by atoms with Crippen LogP contribution in [0, 0.1) is 0 Å². The van der Waals surface area contributed by atoms with E-state index < -0.39 is 20.0 Å². The molecule has 1 unspecified atom stereocenters. The van der Waals surface area contributed by atoms with E-state index >= 15 is 0 Å². The third kappa shape index (κ3) is 4.07. The van der Waals surface area contributed by atoms with Gasteiger partial charge in [0.25, 0.3) is 0 Å². The number of aromatic nitrogens is 4. The van der Waals surface area contributed by atoms with Crippen LogP contribution < -0.4 is 9.03 Å². The Bertz CT molecular complexity index is 1860. The molecular weight excluding hydrogens is 512 g/mol. The minimum absolute atomic E-state index is 0.0126. The van der Waals surface area contributed by atoms with E-state index in [-0.39, 0.29) is 11.7 Å². The van der Waals surface area contributed by atoms with Gasteiger partial charge in [-0.1, -0.05) is 36.4 Å². The first-order chi connectivity index (χ1) is 17.6. The molecule has 0 amide bonds. The second kappa shape index (κ2) is 8.25. The second-order valence-corrected chi connectivity index (χ2v) is 12.9. The maximum Gasteiger partial charge on any atom is 0.245 e. The molecule has 0 spiro atoms. The van der Waals surface area contributed by atoms with Crippen molar-refractivity contribution in [2.45, 2.75) is 12.5 Å². The Morgan fingerprint density at radius 3 is 2.30 bits per heavy atom. The molecule has 12 heteroatoms. The molecular formula is C25H22N6O4S2. The molecule has 2 heterocycles. The van der Waals surface area contributed by atoms with Crippen LogP contribution in [-0.4, -0.2) is 49.1 Å². The SMILES string of the molecule is CS(=O)(=O)N(c1ccc(Nc2ncc3cnn(C4Cc5cccc6cccc4c56)c3n2)cc1)S(C)(=O)=O. The largest absolute Gasteiger partial charge is 0.324 e. The maximum atomic E-state index is 12.0. The Morgan fingerprint density at radius 1 is 0.892 bits per heavy atom. The minimum atomic E-state index is -4.02. The van der Waals surface area contributed by atoms with Crippen LogP contribution in [0.1, 0.15) is 17.2 Å². The van der Waals surface area contributed by atoms with Gasteiger partial charge in [0, 0.05) is 11.9 Å². The highest BCUT2D eigenvalue weighted by atomic mass is 32.3. The van der Waals surface area contributed by atoms with Gasteiger partial charge in [-0.2, -0.15) is 13.8 Å². The van der Waals surface area contributed by atoms with Crippen molar-refractivity contribution in [3.63, 3.8) is 0 Å². The van der Waals surface area contributed by atoms with Gasteiger partial charge in [-0.05, 0) is 52.6 Å². The van der Waals surface area contributed by atoms with Crippen LogP contribution in [0.4, 0.5) is 17.3 Å². The molecule has 6 rings (SSSR count). The number of benzene rings is 3. The van der Waals surface area contributed by atoms with Crippen molar-refractivity contribution in [1.29, 1.82) is 0 Å². The number of hydrogen-bond acceptors (Lipinski definition) is 8. The monoisotopic (exact) mass is 534 g/mol. The zero-order valence-electron chi connectivity index (χ0n) is 19.9. The summed E-state index contributed by atoms with van der Waals surface area (Å²) in [7, 11) is -8.04. The van der Waals surface area contributed by atoms with E-state index in [1.807, 2.05) is 4.68 Å². The molecule has 10 nitrogen and oxygen atoms in total. The fraction of sp³-hybridized carbons (Fsp3) is 0.160. The zero-order valence-corrected chi connectivity index (χ0v) is 21.5. The molecule has 0 bridgehead atoms. The van der Waals surface area contributed by atoms with E-state index in [1.54, 1.807) is 24.5 Å². The molecule has 37 heavy (non-hydrogen) atoms. The van der Waals surface area contributed by atoms with Gasteiger partial charge in [-0.3, -0.25) is 0 Å². The standard InChI is InChI=1S/C25H22N6O4S2/c1-36(32,33)31(37(2,34)35)20-11-9-19(10-12-20)28-25-26-14-18-15-27-30(24(18)29-25)22-13-17-7-3-5-16-6-4-8-21(22)23(16)17/h3-12,14-15,22H,13H2,1-2H3,(H,26,28,29). The summed E-state index contributed by atoms with van der Waals surface area (Å²) < 4.78 is 50.4. The van der Waals surface area contributed by atoms with E-state index in [9.17, 15) is 16.8 Å². The molecule has 0 aliphatic heterocycles. The van der Waals surface area contributed by atoms with Gasteiger partial charge in [0.15, 0.2) is 5.65 Å². The lowest BCUT2D eigenvalue weighted by molar-refractivity contribution is 0.550. The summed E-state index contributed by atoms with van der Waals surface area (Å²) in [6, 6.07) is 18.6. The predicted octanol–water partition coefficient (Wildman–Crippen LogP) is 3.59. The Kier molecular flexibility index (Phi) is 5.21. The van der Waals surface area contributed by atoms with Crippen LogP contribution in [-0.2, 0) is 26.5 Å². The summed E-state index contributed by atoms with van der Waals surface area (Å²) in [4.78, 5) is 9.09. The Labute approximate surface area is 213 Å². The number of fused-ring (bicyclic) bond motifs is 1. The number of nitrogens with one attached hydrogen (secondary N) is 1. The molecule has 0 radical (unpaired) electrons. The average molecular weight is 535 g/mol. The Morgan fingerprint density at radius 2 is 1.59 bits per heavy atom. The number of nitrogens with zero attached hydrogens (tertiary/aromatic N) is 5. The third-order valence-electron chi connectivity index (χ3n) is 6.36. The second-order valence-electron chi connectivity index (χ2n) is 9.04. The highest BCUT2D eigenvalue weighted by Gasteiger charge is 2.28. The van der Waals surface area contributed by atoms with Crippen molar-refractivity contribution in [3.8, 4) is 0 Å². The fourth-order valence-electron chi connectivity index (χ4n) is 4.98. The number of anilines is 3. The fourth-order valence-corrected chi connectivity index (χ4v) is 7.96. The summed E-state index contributed by atoms with van der Waals surface area (Å²) in [6.45, 7) is 0. The smallest absolute Gasteiger partial charge is 0.245 e. The van der Waals surface area contributed by atoms with Crippen LogP contribution >= 0.6 is 0 Å². The number of rotatable bonds is 6. The van der Waals surface area contributed by atoms with Crippen LogP contribution in [0.25, 0.3) is 21.8 Å². The van der Waals surface area contributed by atoms with Gasteiger partial charge in [0.2, 0.25) is 26.0 Å². The van der Waals surface area contributed by atoms with Crippen molar-refractivity contribution in [2.75, 3.05) is 21.5 Å². The molecule has 2 aromatic heterocycles. The normalized spacial score (nSPS) is 15.4. The van der Waals surface area contributed by atoms with Crippen LogP contribution in [0.2, 0.25) is 0 Å². The van der Waals surface area contributed by atoms with Gasteiger partial charge in [-0.25, -0.2) is 26.5 Å². The van der Waals surface area contributed by atoms with E-state index in [4.69, 9.17) is 4.98 Å². The predicted molar refractivity (Wildman–Crippen MR) is 143 cm³/mol. The summed E-state index contributed by atoms with van der Waals surface area (Å²) in [5.41, 5.74) is 3.76. The van der Waals surface area contributed by atoms with Gasteiger partial charge in [0.05, 0.1) is 35.8 Å². The van der Waals surface area contributed by atoms with Crippen LogP contribution in [0.3, 0.4) is 0 Å². The zero-order chi connectivity index (χ0) is 25.9. The first-order valence-corrected chi connectivity index (χ1v) is 15.1. The summed E-state index contributed by atoms with van der Waals surface area (Å²) in [5, 5.41) is 11.0. The molecule has 1 N–H and O–H groups in total. The topological polar surface area (TPSA) is 127 Å². The lowest BCUT2D eigenvalue weighted by Gasteiger charge is -2.20. The van der Waals surface area contributed by atoms with E-state index in [0.29, 0.717) is 21.0 Å². The quantitative estimate of drug-likeness (QED) is 0.350. The molecule has 0 saturated carbocycles. The average Bonchev–Trinajstić information content (AvgIpc) is 3.41. The van der Waals surface area contributed by atoms with E-state index in [1.165, 1.54) is 34.0 Å². The number of hydrogen-bond donors (Lipinski definition) is 1. The van der Waals surface area contributed by atoms with Crippen LogP contribution in [0.5, 0.6) is 0 Å². The molecule has 0 fully saturated rings. The van der Waals surface area contributed by atoms with E-state index in [0.717, 1.165) is 24.3 Å². The van der Waals surface area contributed by atoms with Crippen molar-refractivity contribution in [1.82, 2.24) is 19.7 Å². The molecule has 188 valence electrons. The summed E-state index contributed by atoms with van der Waals surface area (Å²) in [6.07, 6.45) is 5.95. The van der Waals surface area contributed by atoms with Crippen molar-refractivity contribution >= 4 is 59.2 Å². The van der Waals surface area contributed by atoms with Crippen LogP contribution in [0.15, 0.2) is 73.1 Å². The maximum absolute atomic E-state index is 12.0. The molecule has 1 atom stereocenters. The highest BCUT2D eigenvalue weighted by molar-refractivity contribution is 8.09. The lowest BCUT2D eigenvalue weighted by Crippen LogP contribution is -2.35.